The van der Waals surface area contributed by atoms with Gasteiger partial charge >= 0.3 is 11.9 Å². The molecule has 1 atom stereocenters. The molecule has 0 bridgehead atoms. The summed E-state index contributed by atoms with van der Waals surface area (Å²) in [6, 6.07) is 1.62. The second kappa shape index (κ2) is 5.75. The summed E-state index contributed by atoms with van der Waals surface area (Å²) in [6.45, 7) is 6.22. The van der Waals surface area contributed by atoms with Gasteiger partial charge in [-0.2, -0.15) is 5.26 Å². The van der Waals surface area contributed by atoms with E-state index in [4.69, 9.17) is 5.26 Å². The van der Waals surface area contributed by atoms with Crippen LogP contribution in [0, 0.1) is 11.3 Å². The second-order valence-corrected chi connectivity index (χ2v) is 2.58. The summed E-state index contributed by atoms with van der Waals surface area (Å²) in [4.78, 5) is 21.7. The van der Waals surface area contributed by atoms with Crippen molar-refractivity contribution in [3.05, 3.63) is 12.2 Å². The molecule has 1 unspecified atom stereocenters. The van der Waals surface area contributed by atoms with Crippen molar-refractivity contribution < 1.29 is 19.1 Å². The number of rotatable bonds is 4. The molecule has 0 aromatic heterocycles. The topological polar surface area (TPSA) is 76.4 Å². The van der Waals surface area contributed by atoms with Crippen LogP contribution in [0.1, 0.15) is 20.3 Å². The highest BCUT2D eigenvalue weighted by atomic mass is 16.7. The number of esters is 2. The van der Waals surface area contributed by atoms with Gasteiger partial charge < -0.3 is 9.47 Å². The molecule has 0 N–H and O–H groups in total. The van der Waals surface area contributed by atoms with Crippen LogP contribution in [0.4, 0.5) is 0 Å². The van der Waals surface area contributed by atoms with E-state index < -0.39 is 18.2 Å². The highest BCUT2D eigenvalue weighted by Gasteiger charge is 2.13. The van der Waals surface area contributed by atoms with E-state index in [1.54, 1.807) is 6.07 Å². The van der Waals surface area contributed by atoms with Crippen LogP contribution < -0.4 is 0 Å². The first-order valence-corrected chi connectivity index (χ1v) is 3.90. The van der Waals surface area contributed by atoms with Crippen molar-refractivity contribution in [2.75, 3.05) is 0 Å². The molecule has 14 heavy (non-hydrogen) atoms. The fourth-order valence-electron chi connectivity index (χ4n) is 0.567. The first-order chi connectivity index (χ1) is 6.47. The van der Waals surface area contributed by atoms with Gasteiger partial charge in [0.2, 0.25) is 6.29 Å². The first-order valence-electron chi connectivity index (χ1n) is 3.90. The molecule has 0 aliphatic heterocycles. The number of hydrogen-bond acceptors (Lipinski definition) is 5. The number of nitrogens with zero attached hydrogens (tertiary/aromatic N) is 1. The monoisotopic (exact) mass is 197 g/mol. The normalized spacial score (nSPS) is 10.9. The molecule has 5 nitrogen and oxygen atoms in total. The molecule has 0 aromatic carbocycles. The molecular formula is C9H11NO4. The predicted molar refractivity (Wildman–Crippen MR) is 46.7 cm³/mol. The Bertz CT molecular complexity index is 290. The van der Waals surface area contributed by atoms with Crippen molar-refractivity contribution in [2.24, 2.45) is 0 Å². The average Bonchev–Trinajstić information content (AvgIpc) is 2.03. The Kier molecular flexibility index (Phi) is 5.00. The number of carbonyl (C=O) groups excluding carboxylic acids is 2. The van der Waals surface area contributed by atoms with Crippen LogP contribution in [-0.2, 0) is 19.1 Å². The Labute approximate surface area is 81.9 Å². The van der Waals surface area contributed by atoms with Crippen LogP contribution in [0.25, 0.3) is 0 Å². The molecule has 76 valence electrons. The van der Waals surface area contributed by atoms with Crippen molar-refractivity contribution in [3.63, 3.8) is 0 Å². The second-order valence-electron chi connectivity index (χ2n) is 2.58. The summed E-state index contributed by atoms with van der Waals surface area (Å²) in [7, 11) is 0. The molecule has 0 fully saturated rings. The molecule has 0 aliphatic carbocycles. The van der Waals surface area contributed by atoms with Crippen molar-refractivity contribution in [1.82, 2.24) is 0 Å². The van der Waals surface area contributed by atoms with Crippen LogP contribution >= 0.6 is 0 Å². The van der Waals surface area contributed by atoms with Crippen molar-refractivity contribution in [3.8, 4) is 6.07 Å². The summed E-state index contributed by atoms with van der Waals surface area (Å²) in [5.74, 6) is -1.36. The lowest BCUT2D eigenvalue weighted by molar-refractivity contribution is -0.180. The van der Waals surface area contributed by atoms with E-state index >= 15 is 0 Å². The summed E-state index contributed by atoms with van der Waals surface area (Å²) < 4.78 is 9.20. The minimum Gasteiger partial charge on any atom is -0.425 e. The maximum absolute atomic E-state index is 10.9. The SMILES string of the molecule is C=C(C)C(=O)OC(C)OC(=O)CC#N. The van der Waals surface area contributed by atoms with Crippen molar-refractivity contribution in [2.45, 2.75) is 26.6 Å². The number of hydrogen-bond donors (Lipinski definition) is 0. The molecule has 0 rings (SSSR count). The number of carbonyl (C=O) groups is 2. The third-order valence-electron chi connectivity index (χ3n) is 1.14. The van der Waals surface area contributed by atoms with Crippen LogP contribution in [0.3, 0.4) is 0 Å². The van der Waals surface area contributed by atoms with E-state index in [0.29, 0.717) is 0 Å². The average molecular weight is 197 g/mol. The van der Waals surface area contributed by atoms with E-state index in [2.05, 4.69) is 16.1 Å². The van der Waals surface area contributed by atoms with Gasteiger partial charge in [0.15, 0.2) is 0 Å². The molecular weight excluding hydrogens is 186 g/mol. The zero-order valence-corrected chi connectivity index (χ0v) is 8.07. The Balaban J connectivity index is 3.93. The summed E-state index contributed by atoms with van der Waals surface area (Å²) >= 11 is 0. The zero-order chi connectivity index (χ0) is 11.1. The predicted octanol–water partition coefficient (Wildman–Crippen LogP) is 0.909. The zero-order valence-electron chi connectivity index (χ0n) is 8.07. The van der Waals surface area contributed by atoms with Gasteiger partial charge in [-0.1, -0.05) is 6.58 Å². The molecule has 0 heterocycles. The Morgan fingerprint density at radius 3 is 2.50 bits per heavy atom. The van der Waals surface area contributed by atoms with Gasteiger partial charge in [0.1, 0.15) is 6.42 Å². The van der Waals surface area contributed by atoms with Gasteiger partial charge in [0.05, 0.1) is 6.07 Å². The minimum absolute atomic E-state index is 0.216. The molecule has 0 aliphatic rings. The number of ether oxygens (including phenoxy) is 2. The third kappa shape index (κ3) is 4.93. The lowest BCUT2D eigenvalue weighted by atomic mass is 10.4. The smallest absolute Gasteiger partial charge is 0.336 e. The molecule has 0 radical (unpaired) electrons. The molecule has 0 aromatic rings. The van der Waals surface area contributed by atoms with Gasteiger partial charge in [-0.15, -0.1) is 0 Å². The van der Waals surface area contributed by atoms with Gasteiger partial charge in [-0.3, -0.25) is 4.79 Å². The van der Waals surface area contributed by atoms with E-state index in [0.717, 1.165) is 0 Å². The maximum Gasteiger partial charge on any atom is 0.336 e. The highest BCUT2D eigenvalue weighted by molar-refractivity contribution is 5.87. The van der Waals surface area contributed by atoms with Crippen LogP contribution in [0.2, 0.25) is 0 Å². The summed E-state index contributed by atoms with van der Waals surface area (Å²) in [5, 5.41) is 8.15. The standard InChI is InChI=1S/C9H11NO4/c1-6(2)9(12)14-7(3)13-8(11)4-5-10/h7H,1,4H2,2-3H3. The molecule has 0 amide bonds. The maximum atomic E-state index is 10.9. The lowest BCUT2D eigenvalue weighted by Crippen LogP contribution is -2.21. The summed E-state index contributed by atoms with van der Waals surface area (Å²) in [5.41, 5.74) is 0.216. The minimum atomic E-state index is -1.000. The van der Waals surface area contributed by atoms with Gasteiger partial charge in [0.25, 0.3) is 0 Å². The molecule has 0 saturated carbocycles. The van der Waals surface area contributed by atoms with E-state index in [9.17, 15) is 9.59 Å². The van der Waals surface area contributed by atoms with Crippen molar-refractivity contribution >= 4 is 11.9 Å². The lowest BCUT2D eigenvalue weighted by Gasteiger charge is -2.12. The van der Waals surface area contributed by atoms with Crippen molar-refractivity contribution in [1.29, 1.82) is 5.26 Å². The van der Waals surface area contributed by atoms with Crippen LogP contribution in [-0.4, -0.2) is 18.2 Å². The molecule has 0 spiro atoms. The molecule has 5 heteroatoms. The van der Waals surface area contributed by atoms with Gasteiger partial charge in [-0.25, -0.2) is 4.79 Å². The van der Waals surface area contributed by atoms with E-state index in [-0.39, 0.29) is 12.0 Å². The van der Waals surface area contributed by atoms with Crippen LogP contribution in [0.5, 0.6) is 0 Å². The number of nitriles is 1. The third-order valence-corrected chi connectivity index (χ3v) is 1.14. The van der Waals surface area contributed by atoms with Crippen LogP contribution in [0.15, 0.2) is 12.2 Å². The van der Waals surface area contributed by atoms with E-state index in [1.165, 1.54) is 13.8 Å². The summed E-state index contributed by atoms with van der Waals surface area (Å²) in [6.07, 6.45) is -1.37. The largest absolute Gasteiger partial charge is 0.425 e. The van der Waals surface area contributed by atoms with E-state index in [1.807, 2.05) is 0 Å². The fourth-order valence-corrected chi connectivity index (χ4v) is 0.567. The quantitative estimate of drug-likeness (QED) is 0.380. The fraction of sp³-hybridized carbons (Fsp3) is 0.444. The highest BCUT2D eigenvalue weighted by Crippen LogP contribution is 2.00. The Morgan fingerprint density at radius 2 is 2.07 bits per heavy atom. The van der Waals surface area contributed by atoms with Gasteiger partial charge in [-0.05, 0) is 6.92 Å². The Morgan fingerprint density at radius 1 is 1.50 bits per heavy atom. The first kappa shape index (κ1) is 12.2. The van der Waals surface area contributed by atoms with Gasteiger partial charge in [0, 0.05) is 12.5 Å². The Hall–Kier alpha value is -1.83. The molecule has 0 saturated heterocycles.